The monoisotopic (exact) mass is 265 g/mol. The van der Waals surface area contributed by atoms with Gasteiger partial charge in [0.2, 0.25) is 0 Å². The summed E-state index contributed by atoms with van der Waals surface area (Å²) in [5.74, 6) is 0.388. The molecule has 0 radical (unpaired) electrons. The van der Waals surface area contributed by atoms with Crippen molar-refractivity contribution in [3.63, 3.8) is 0 Å². The number of nitrogens with zero attached hydrogens (tertiary/aromatic N) is 1. The predicted molar refractivity (Wildman–Crippen MR) is 85.4 cm³/mol. The summed E-state index contributed by atoms with van der Waals surface area (Å²) < 4.78 is 0. The number of likely N-dealkylation sites (N-methyl/N-ethyl adjacent to an activating group) is 1. The second-order valence-corrected chi connectivity index (χ2v) is 6.65. The highest BCUT2D eigenvalue weighted by Gasteiger charge is 2.20. The van der Waals surface area contributed by atoms with Crippen LogP contribution in [-0.2, 0) is 0 Å². The SMILES string of the molecule is C=CC(C)(C)/C=C\C(CN(CC)C(C)(C)C)=C(/C)O. The zero-order valence-electron chi connectivity index (χ0n) is 13.7. The number of hydrogen-bond acceptors (Lipinski definition) is 2. The summed E-state index contributed by atoms with van der Waals surface area (Å²) in [6.07, 6.45) is 6.02. The van der Waals surface area contributed by atoms with Crippen molar-refractivity contribution >= 4 is 0 Å². The normalized spacial score (nSPS) is 14.9. The maximum Gasteiger partial charge on any atom is 0.0936 e. The maximum atomic E-state index is 9.87. The van der Waals surface area contributed by atoms with E-state index in [1.54, 1.807) is 6.92 Å². The first-order valence-electron chi connectivity index (χ1n) is 7.00. The summed E-state index contributed by atoms with van der Waals surface area (Å²) in [5.41, 5.74) is 1.00. The smallest absolute Gasteiger partial charge is 0.0936 e. The third-order valence-corrected chi connectivity index (χ3v) is 3.40. The molecular formula is C17H31NO. The van der Waals surface area contributed by atoms with Crippen LogP contribution in [-0.4, -0.2) is 28.6 Å². The van der Waals surface area contributed by atoms with Gasteiger partial charge < -0.3 is 5.11 Å². The Balaban J connectivity index is 5.09. The fourth-order valence-electron chi connectivity index (χ4n) is 1.70. The Kier molecular flexibility index (Phi) is 6.58. The van der Waals surface area contributed by atoms with Crippen molar-refractivity contribution in [2.24, 2.45) is 5.41 Å². The van der Waals surface area contributed by atoms with Crippen LogP contribution in [0.4, 0.5) is 0 Å². The molecule has 0 heterocycles. The van der Waals surface area contributed by atoms with Gasteiger partial charge in [0, 0.05) is 23.1 Å². The molecule has 0 saturated heterocycles. The lowest BCUT2D eigenvalue weighted by Crippen LogP contribution is -2.42. The molecule has 110 valence electrons. The van der Waals surface area contributed by atoms with Crippen molar-refractivity contribution in [1.82, 2.24) is 4.90 Å². The fourth-order valence-corrected chi connectivity index (χ4v) is 1.70. The van der Waals surface area contributed by atoms with Gasteiger partial charge in [0.15, 0.2) is 0 Å². The third-order valence-electron chi connectivity index (χ3n) is 3.40. The standard InChI is InChI=1S/C17H31NO/c1-9-17(7,8)12-11-15(14(3)19)13-18(10-2)16(4,5)6/h9,11-12,19H,1,10,13H2,2-8H3/b12-11-,15-14-. The summed E-state index contributed by atoms with van der Waals surface area (Å²) >= 11 is 0. The van der Waals surface area contributed by atoms with Gasteiger partial charge in [0.1, 0.15) is 0 Å². The quantitative estimate of drug-likeness (QED) is 0.427. The molecule has 0 atom stereocenters. The highest BCUT2D eigenvalue weighted by atomic mass is 16.3. The average Bonchev–Trinajstić information content (AvgIpc) is 2.27. The first kappa shape index (κ1) is 18.0. The second kappa shape index (κ2) is 6.95. The first-order chi connectivity index (χ1) is 8.53. The van der Waals surface area contributed by atoms with E-state index >= 15 is 0 Å². The van der Waals surface area contributed by atoms with E-state index in [1.807, 2.05) is 12.2 Å². The number of aliphatic hydroxyl groups is 1. The molecule has 0 aromatic carbocycles. The third kappa shape index (κ3) is 6.63. The van der Waals surface area contributed by atoms with E-state index in [0.29, 0.717) is 5.76 Å². The summed E-state index contributed by atoms with van der Waals surface area (Å²) in [6.45, 7) is 20.2. The molecule has 0 amide bonds. The van der Waals surface area contributed by atoms with Crippen LogP contribution in [0.3, 0.4) is 0 Å². The largest absolute Gasteiger partial charge is 0.512 e. The topological polar surface area (TPSA) is 23.5 Å². The lowest BCUT2D eigenvalue weighted by Gasteiger charge is -2.35. The summed E-state index contributed by atoms with van der Waals surface area (Å²) in [5, 5.41) is 9.87. The minimum Gasteiger partial charge on any atom is -0.512 e. The molecule has 0 unspecified atom stereocenters. The Hall–Kier alpha value is -1.02. The van der Waals surface area contributed by atoms with Crippen molar-refractivity contribution < 1.29 is 5.11 Å². The molecule has 1 N–H and O–H groups in total. The molecular weight excluding hydrogens is 234 g/mol. The Morgan fingerprint density at radius 1 is 1.21 bits per heavy atom. The Morgan fingerprint density at radius 3 is 2.05 bits per heavy atom. The minimum atomic E-state index is -0.0561. The molecule has 0 aliphatic rings. The lowest BCUT2D eigenvalue weighted by molar-refractivity contribution is 0.158. The number of aliphatic hydroxyl groups excluding tert-OH is 1. The van der Waals surface area contributed by atoms with E-state index in [1.165, 1.54) is 0 Å². The fraction of sp³-hybridized carbons (Fsp3) is 0.647. The van der Waals surface area contributed by atoms with Crippen molar-refractivity contribution in [3.05, 3.63) is 36.1 Å². The van der Waals surface area contributed by atoms with Gasteiger partial charge in [0.05, 0.1) is 5.76 Å². The zero-order chi connectivity index (χ0) is 15.3. The molecule has 0 fully saturated rings. The van der Waals surface area contributed by atoms with Crippen LogP contribution in [0.15, 0.2) is 36.1 Å². The maximum absolute atomic E-state index is 9.87. The highest BCUT2D eigenvalue weighted by Crippen LogP contribution is 2.21. The number of allylic oxidation sites excluding steroid dienone is 3. The molecule has 19 heavy (non-hydrogen) atoms. The van der Waals surface area contributed by atoms with Crippen LogP contribution in [0.25, 0.3) is 0 Å². The average molecular weight is 265 g/mol. The van der Waals surface area contributed by atoms with Gasteiger partial charge in [0.25, 0.3) is 0 Å². The van der Waals surface area contributed by atoms with Gasteiger partial charge in [-0.05, 0) is 34.2 Å². The van der Waals surface area contributed by atoms with Gasteiger partial charge >= 0.3 is 0 Å². The van der Waals surface area contributed by atoms with Crippen molar-refractivity contribution in [2.75, 3.05) is 13.1 Å². The Bertz CT molecular complexity index is 352. The van der Waals surface area contributed by atoms with E-state index in [4.69, 9.17) is 0 Å². The van der Waals surface area contributed by atoms with Gasteiger partial charge in [-0.15, -0.1) is 6.58 Å². The Morgan fingerprint density at radius 2 is 1.74 bits per heavy atom. The Labute approximate surface area is 119 Å². The van der Waals surface area contributed by atoms with Gasteiger partial charge in [-0.3, -0.25) is 4.90 Å². The van der Waals surface area contributed by atoms with Crippen LogP contribution < -0.4 is 0 Å². The second-order valence-electron chi connectivity index (χ2n) is 6.65. The van der Waals surface area contributed by atoms with E-state index in [2.05, 4.69) is 59.1 Å². The van der Waals surface area contributed by atoms with Crippen molar-refractivity contribution in [1.29, 1.82) is 0 Å². The molecule has 0 spiro atoms. The molecule has 0 bridgehead atoms. The summed E-state index contributed by atoms with van der Waals surface area (Å²) in [4.78, 5) is 2.34. The molecule has 0 saturated carbocycles. The summed E-state index contributed by atoms with van der Waals surface area (Å²) in [7, 11) is 0. The van der Waals surface area contributed by atoms with Gasteiger partial charge in [-0.2, -0.15) is 0 Å². The zero-order valence-corrected chi connectivity index (χ0v) is 13.7. The van der Waals surface area contributed by atoms with Crippen LogP contribution in [0.1, 0.15) is 48.5 Å². The number of hydrogen-bond donors (Lipinski definition) is 1. The van der Waals surface area contributed by atoms with Gasteiger partial charge in [-0.1, -0.05) is 39.0 Å². The lowest BCUT2D eigenvalue weighted by atomic mass is 9.92. The van der Waals surface area contributed by atoms with Crippen LogP contribution in [0, 0.1) is 5.41 Å². The minimum absolute atomic E-state index is 0.0561. The molecule has 0 aliphatic heterocycles. The van der Waals surface area contributed by atoms with E-state index in [9.17, 15) is 5.11 Å². The van der Waals surface area contributed by atoms with E-state index in [0.717, 1.165) is 18.7 Å². The molecule has 2 heteroatoms. The molecule has 0 rings (SSSR count). The van der Waals surface area contributed by atoms with Gasteiger partial charge in [-0.25, -0.2) is 0 Å². The van der Waals surface area contributed by atoms with Crippen molar-refractivity contribution in [2.45, 2.75) is 54.0 Å². The highest BCUT2D eigenvalue weighted by molar-refractivity contribution is 5.25. The van der Waals surface area contributed by atoms with Crippen molar-refractivity contribution in [3.8, 4) is 0 Å². The predicted octanol–water partition coefficient (Wildman–Crippen LogP) is 4.71. The van der Waals surface area contributed by atoms with Crippen LogP contribution in [0.2, 0.25) is 0 Å². The first-order valence-corrected chi connectivity index (χ1v) is 7.00. The molecule has 0 aromatic rings. The van der Waals surface area contributed by atoms with Crippen LogP contribution in [0.5, 0.6) is 0 Å². The molecule has 2 nitrogen and oxygen atoms in total. The number of rotatable bonds is 6. The van der Waals surface area contributed by atoms with E-state index in [-0.39, 0.29) is 11.0 Å². The van der Waals surface area contributed by atoms with E-state index < -0.39 is 0 Å². The molecule has 0 aromatic heterocycles. The van der Waals surface area contributed by atoms with Crippen LogP contribution >= 0.6 is 0 Å². The summed E-state index contributed by atoms with van der Waals surface area (Å²) in [6, 6.07) is 0. The molecule has 0 aliphatic carbocycles.